The number of benzene rings is 1. The van der Waals surface area contributed by atoms with Crippen molar-refractivity contribution in [1.29, 1.82) is 0 Å². The molecule has 1 aromatic carbocycles. The third-order valence-corrected chi connectivity index (χ3v) is 2.30. The van der Waals surface area contributed by atoms with Gasteiger partial charge in [-0.15, -0.1) is 10.2 Å². The molecule has 1 heterocycles. The molecule has 0 radical (unpaired) electrons. The molecule has 84 valence electrons. The Morgan fingerprint density at radius 1 is 1.31 bits per heavy atom. The van der Waals surface area contributed by atoms with E-state index in [1.54, 1.807) is 12.1 Å². The SMILES string of the molecule is Nc1nnc(COc2ccccc2Cl)n1N. The molecule has 7 heteroatoms. The van der Waals surface area contributed by atoms with Gasteiger partial charge < -0.3 is 16.3 Å². The molecule has 0 unspecified atom stereocenters. The van der Waals surface area contributed by atoms with Crippen molar-refractivity contribution in [1.82, 2.24) is 14.9 Å². The van der Waals surface area contributed by atoms with Crippen LogP contribution in [0.5, 0.6) is 5.75 Å². The van der Waals surface area contributed by atoms with Crippen molar-refractivity contribution in [3.05, 3.63) is 35.1 Å². The van der Waals surface area contributed by atoms with E-state index in [1.165, 1.54) is 0 Å². The Morgan fingerprint density at radius 2 is 2.06 bits per heavy atom. The van der Waals surface area contributed by atoms with Gasteiger partial charge in [-0.05, 0) is 12.1 Å². The normalized spacial score (nSPS) is 10.3. The minimum absolute atomic E-state index is 0.137. The average Bonchev–Trinajstić information content (AvgIpc) is 2.59. The number of ether oxygens (including phenoxy) is 1. The molecule has 0 saturated heterocycles. The van der Waals surface area contributed by atoms with Gasteiger partial charge in [-0.2, -0.15) is 0 Å². The average molecular weight is 240 g/mol. The summed E-state index contributed by atoms with van der Waals surface area (Å²) >= 11 is 5.91. The first-order chi connectivity index (χ1) is 7.68. The second-order valence-electron chi connectivity index (χ2n) is 3.06. The van der Waals surface area contributed by atoms with Crippen LogP contribution >= 0.6 is 11.6 Å². The van der Waals surface area contributed by atoms with E-state index in [2.05, 4.69) is 10.2 Å². The van der Waals surface area contributed by atoms with Gasteiger partial charge in [0.25, 0.3) is 0 Å². The standard InChI is InChI=1S/C9H10ClN5O/c10-6-3-1-2-4-7(6)16-5-8-13-14-9(11)15(8)12/h1-4H,5,12H2,(H2,11,14). The van der Waals surface area contributed by atoms with Gasteiger partial charge >= 0.3 is 0 Å². The van der Waals surface area contributed by atoms with Gasteiger partial charge in [0, 0.05) is 0 Å². The summed E-state index contributed by atoms with van der Waals surface area (Å²) in [5.41, 5.74) is 5.42. The molecule has 0 amide bonds. The molecule has 4 N–H and O–H groups in total. The number of rotatable bonds is 3. The zero-order chi connectivity index (χ0) is 11.5. The van der Waals surface area contributed by atoms with Crippen LogP contribution in [0, 0.1) is 0 Å². The predicted molar refractivity (Wildman–Crippen MR) is 60.4 cm³/mol. The van der Waals surface area contributed by atoms with Gasteiger partial charge in [0.2, 0.25) is 5.95 Å². The number of aromatic nitrogens is 3. The highest BCUT2D eigenvalue weighted by Crippen LogP contribution is 2.23. The Bertz CT molecular complexity index is 498. The summed E-state index contributed by atoms with van der Waals surface area (Å²) in [6, 6.07) is 7.13. The molecule has 0 aliphatic carbocycles. The maximum absolute atomic E-state index is 5.91. The van der Waals surface area contributed by atoms with Crippen LogP contribution in [0.15, 0.2) is 24.3 Å². The quantitative estimate of drug-likeness (QED) is 0.774. The first kappa shape index (κ1) is 10.6. The van der Waals surface area contributed by atoms with Crippen molar-refractivity contribution in [3.8, 4) is 5.75 Å². The van der Waals surface area contributed by atoms with Crippen molar-refractivity contribution in [2.75, 3.05) is 11.6 Å². The number of hydrogen-bond acceptors (Lipinski definition) is 5. The van der Waals surface area contributed by atoms with Crippen molar-refractivity contribution in [2.24, 2.45) is 0 Å². The van der Waals surface area contributed by atoms with Gasteiger partial charge in [0.05, 0.1) is 5.02 Å². The molecule has 2 rings (SSSR count). The van der Waals surface area contributed by atoms with Crippen LogP contribution in [0.2, 0.25) is 5.02 Å². The molecule has 0 bridgehead atoms. The van der Waals surface area contributed by atoms with Crippen LogP contribution in [0.1, 0.15) is 5.82 Å². The Hall–Kier alpha value is -1.95. The van der Waals surface area contributed by atoms with Crippen LogP contribution in [0.3, 0.4) is 0 Å². The molecule has 16 heavy (non-hydrogen) atoms. The largest absolute Gasteiger partial charge is 0.484 e. The van der Waals surface area contributed by atoms with Gasteiger partial charge in [-0.3, -0.25) is 0 Å². The smallest absolute Gasteiger partial charge is 0.240 e. The molecule has 0 saturated carbocycles. The molecule has 1 aromatic heterocycles. The van der Waals surface area contributed by atoms with Crippen LogP contribution in [-0.2, 0) is 6.61 Å². The number of halogens is 1. The van der Waals surface area contributed by atoms with E-state index < -0.39 is 0 Å². The van der Waals surface area contributed by atoms with E-state index in [4.69, 9.17) is 27.9 Å². The molecule has 0 atom stereocenters. The first-order valence-electron chi connectivity index (χ1n) is 4.50. The number of hydrogen-bond donors (Lipinski definition) is 2. The fourth-order valence-corrected chi connectivity index (χ4v) is 1.33. The molecule has 0 aliphatic rings. The molecule has 0 spiro atoms. The Kier molecular flexibility index (Phi) is 2.82. The summed E-state index contributed by atoms with van der Waals surface area (Å²) in [7, 11) is 0. The molecular weight excluding hydrogens is 230 g/mol. The minimum Gasteiger partial charge on any atom is -0.484 e. The summed E-state index contributed by atoms with van der Waals surface area (Å²) in [5, 5.41) is 7.88. The zero-order valence-corrected chi connectivity index (χ0v) is 9.05. The predicted octanol–water partition coefficient (Wildman–Crippen LogP) is 0.806. The van der Waals surface area contributed by atoms with Gasteiger partial charge in [0.1, 0.15) is 12.4 Å². The van der Waals surface area contributed by atoms with E-state index in [0.717, 1.165) is 4.68 Å². The van der Waals surface area contributed by atoms with Crippen molar-refractivity contribution in [2.45, 2.75) is 6.61 Å². The van der Waals surface area contributed by atoms with E-state index in [-0.39, 0.29) is 12.6 Å². The second-order valence-corrected chi connectivity index (χ2v) is 3.47. The summed E-state index contributed by atoms with van der Waals surface area (Å²) < 4.78 is 6.59. The highest BCUT2D eigenvalue weighted by atomic mass is 35.5. The Labute approximate surface area is 96.7 Å². The van der Waals surface area contributed by atoms with Crippen molar-refractivity contribution < 1.29 is 4.74 Å². The minimum atomic E-state index is 0.137. The maximum atomic E-state index is 5.91. The lowest BCUT2D eigenvalue weighted by Gasteiger charge is -2.06. The summed E-state index contributed by atoms with van der Waals surface area (Å²) in [5.74, 6) is 6.68. The van der Waals surface area contributed by atoms with Crippen molar-refractivity contribution >= 4 is 17.5 Å². The van der Waals surface area contributed by atoms with Gasteiger partial charge in [-0.1, -0.05) is 23.7 Å². The fourth-order valence-electron chi connectivity index (χ4n) is 1.14. The lowest BCUT2D eigenvalue weighted by Crippen LogP contribution is -2.17. The second kappa shape index (κ2) is 4.28. The third kappa shape index (κ3) is 2.01. The van der Waals surface area contributed by atoms with Gasteiger partial charge in [0.15, 0.2) is 5.82 Å². The molecule has 2 aromatic rings. The number of nitrogen functional groups attached to an aromatic ring is 2. The Balaban J connectivity index is 2.08. The van der Waals surface area contributed by atoms with E-state index in [0.29, 0.717) is 16.6 Å². The lowest BCUT2D eigenvalue weighted by molar-refractivity contribution is 0.292. The Morgan fingerprint density at radius 3 is 2.69 bits per heavy atom. The number of nitrogens with two attached hydrogens (primary N) is 2. The molecule has 0 aliphatic heterocycles. The molecule has 0 fully saturated rings. The van der Waals surface area contributed by atoms with E-state index >= 15 is 0 Å². The highest BCUT2D eigenvalue weighted by Gasteiger charge is 2.08. The monoisotopic (exact) mass is 239 g/mol. The van der Waals surface area contributed by atoms with E-state index in [9.17, 15) is 0 Å². The number of para-hydroxylation sites is 1. The number of nitrogens with zero attached hydrogens (tertiary/aromatic N) is 3. The van der Waals surface area contributed by atoms with Crippen LogP contribution < -0.4 is 16.3 Å². The van der Waals surface area contributed by atoms with E-state index in [1.807, 2.05) is 12.1 Å². The van der Waals surface area contributed by atoms with Crippen LogP contribution in [0.4, 0.5) is 5.95 Å². The maximum Gasteiger partial charge on any atom is 0.240 e. The lowest BCUT2D eigenvalue weighted by atomic mass is 10.3. The molecular formula is C9H10ClN5O. The summed E-state index contributed by atoms with van der Waals surface area (Å²) in [4.78, 5) is 0. The summed E-state index contributed by atoms with van der Waals surface area (Å²) in [6.45, 7) is 0.157. The topological polar surface area (TPSA) is 92.0 Å². The van der Waals surface area contributed by atoms with Crippen LogP contribution in [0.25, 0.3) is 0 Å². The van der Waals surface area contributed by atoms with Crippen molar-refractivity contribution in [3.63, 3.8) is 0 Å². The van der Waals surface area contributed by atoms with Gasteiger partial charge in [-0.25, -0.2) is 4.68 Å². The zero-order valence-electron chi connectivity index (χ0n) is 8.30. The number of anilines is 1. The molecule has 6 nitrogen and oxygen atoms in total. The fraction of sp³-hybridized carbons (Fsp3) is 0.111. The van der Waals surface area contributed by atoms with Crippen LogP contribution in [-0.4, -0.2) is 14.9 Å². The highest BCUT2D eigenvalue weighted by molar-refractivity contribution is 6.32. The third-order valence-electron chi connectivity index (χ3n) is 1.99. The summed E-state index contributed by atoms with van der Waals surface area (Å²) in [6.07, 6.45) is 0. The first-order valence-corrected chi connectivity index (χ1v) is 4.88.